The molecule has 502 valence electrons. The SMILES string of the molecule is CC(C)CC(=O)C[C@](C)(O)[C@H]1CCC2C3CC(OC4OC(CO)C(O)C(O)C4OC4OC(CO)C(OC5OC(C)C(O)C(O)C5OC5OC(C)C(O)C(O)C5O)C(O)C4OC4OC(C)C(O)C(O)C4O)C4CC(OS(=O)(=O)[O-])CC[C@]4(C)C3=CC[C@@]21C.[Na+]. The van der Waals surface area contributed by atoms with E-state index in [0.29, 0.717) is 32.1 Å². The summed E-state index contributed by atoms with van der Waals surface area (Å²) in [7, 11) is -5.20. The van der Waals surface area contributed by atoms with Crippen molar-refractivity contribution in [3.8, 4) is 0 Å². The number of ketones is 1. The molecule has 34 atom stereocenters. The summed E-state index contributed by atoms with van der Waals surface area (Å²) in [5.74, 6) is -1.28. The zero-order valence-electron chi connectivity index (χ0n) is 51.1. The summed E-state index contributed by atoms with van der Waals surface area (Å²) in [5, 5.41) is 157. The molecular formula is C57H93NaO29S. The van der Waals surface area contributed by atoms with Crippen LogP contribution >= 0.6 is 0 Å². The standard InChI is InChI=1S/C57H94O29S.Na/c1-21(2)15-25(60)18-57(8,72)34-10-9-28-27-17-31(30-16-26(86-87(73,74)75)11-13-55(30,6)29(27)12-14-56(28,34)7)79-53-48(42(68)38(64)32(19-58)80-53)85-54-49(84-51-44(70)40(66)36(62)23(4)77-51)45(71)46(33(20-59)81-54)82-52-47(41(67)37(63)24(5)78-52)83-50-43(69)39(65)35(61)22(3)76-50;/h12,21-24,26-28,30-54,58-59,61-72H,9-11,13-20H2,1-8H3,(H,73,74,75);/q;+1/p-1/t22?,23?,24?,26?,27?,28?,30?,31?,32?,33?,34-,35?,36?,37?,38?,39?,40?,41?,42?,43?,44?,45?,46?,47?,48?,49?,50?,51?,52?,53?,54?,55+,56-,57-;/m0./s1. The molecule has 0 bridgehead atoms. The molecule has 0 aromatic heterocycles. The second-order valence-corrected chi connectivity index (χ2v) is 28.1. The zero-order chi connectivity index (χ0) is 63.9. The molecule has 0 radical (unpaired) electrons. The molecule has 9 rings (SSSR count). The van der Waals surface area contributed by atoms with Crippen molar-refractivity contribution in [2.75, 3.05) is 13.2 Å². The van der Waals surface area contributed by atoms with Crippen LogP contribution in [0.1, 0.15) is 113 Å². The van der Waals surface area contributed by atoms with Gasteiger partial charge >= 0.3 is 29.6 Å². The van der Waals surface area contributed by atoms with Crippen LogP contribution in [-0.2, 0) is 66.7 Å². The van der Waals surface area contributed by atoms with Crippen LogP contribution in [0.2, 0.25) is 0 Å². The molecule has 9 aliphatic rings. The molecule has 0 amide bonds. The Morgan fingerprint density at radius 2 is 1.10 bits per heavy atom. The first-order valence-electron chi connectivity index (χ1n) is 30.5. The van der Waals surface area contributed by atoms with E-state index in [4.69, 9.17) is 51.6 Å². The van der Waals surface area contributed by atoms with Crippen LogP contribution in [0.15, 0.2) is 11.6 Å². The van der Waals surface area contributed by atoms with Gasteiger partial charge in [-0.05, 0) is 113 Å². The van der Waals surface area contributed by atoms with Crippen LogP contribution in [-0.4, -0.2) is 275 Å². The van der Waals surface area contributed by atoms with Crippen LogP contribution in [0, 0.1) is 40.4 Å². The van der Waals surface area contributed by atoms with Crippen molar-refractivity contribution < 1.29 is 170 Å². The molecule has 0 spiro atoms. The Morgan fingerprint density at radius 3 is 1.65 bits per heavy atom. The van der Waals surface area contributed by atoms with E-state index < -0.39 is 212 Å². The van der Waals surface area contributed by atoms with Crippen molar-refractivity contribution in [3.63, 3.8) is 0 Å². The topological polar surface area (TPSA) is 459 Å². The van der Waals surface area contributed by atoms with E-state index in [1.165, 1.54) is 20.8 Å². The Balaban J connectivity index is 0.0000100. The number of carbonyl (C=O) groups is 1. The third-order valence-electron chi connectivity index (χ3n) is 20.7. The average molecular weight is 1300 g/mol. The van der Waals surface area contributed by atoms with Gasteiger partial charge in [-0.2, -0.15) is 0 Å². The van der Waals surface area contributed by atoms with E-state index in [1.54, 1.807) is 6.92 Å². The first-order chi connectivity index (χ1) is 40.6. The van der Waals surface area contributed by atoms with Gasteiger partial charge in [-0.25, -0.2) is 8.42 Å². The molecule has 0 aromatic carbocycles. The number of ether oxygens (including phenoxy) is 10. The fourth-order valence-corrected chi connectivity index (χ4v) is 16.6. The second kappa shape index (κ2) is 28.6. The van der Waals surface area contributed by atoms with Gasteiger partial charge < -0.3 is 123 Å². The fraction of sp³-hybridized carbons (Fsp3) is 0.947. The first-order valence-corrected chi connectivity index (χ1v) is 31.8. The Bertz CT molecular complexity index is 2480. The molecule has 29 nitrogen and oxygen atoms in total. The molecule has 5 saturated heterocycles. The van der Waals surface area contributed by atoms with Gasteiger partial charge in [-0.15, -0.1) is 0 Å². The number of Topliss-reactive ketones (excluding diaryl/α,β-unsaturated/α-hetero) is 1. The van der Waals surface area contributed by atoms with E-state index >= 15 is 0 Å². The molecule has 0 aromatic rings. The van der Waals surface area contributed by atoms with Crippen molar-refractivity contribution in [2.24, 2.45) is 40.4 Å². The summed E-state index contributed by atoms with van der Waals surface area (Å²) in [6.07, 6.45) is -42.0. The van der Waals surface area contributed by atoms with Gasteiger partial charge in [0.15, 0.2) is 31.5 Å². The monoisotopic (exact) mass is 1300 g/mol. The third-order valence-corrected chi connectivity index (χ3v) is 21.2. The summed E-state index contributed by atoms with van der Waals surface area (Å²) in [6, 6.07) is 0. The Labute approximate surface area is 533 Å². The number of hydrogen-bond acceptors (Lipinski definition) is 29. The largest absolute Gasteiger partial charge is 1.00 e. The van der Waals surface area contributed by atoms with Gasteiger partial charge in [0.05, 0.1) is 49.3 Å². The van der Waals surface area contributed by atoms with Crippen molar-refractivity contribution in [1.29, 1.82) is 0 Å². The maximum absolute atomic E-state index is 13.3. The van der Waals surface area contributed by atoms with Crippen molar-refractivity contribution >= 4 is 16.2 Å². The minimum absolute atomic E-state index is 0. The van der Waals surface area contributed by atoms with Crippen molar-refractivity contribution in [1.82, 2.24) is 0 Å². The molecule has 14 N–H and O–H groups in total. The third kappa shape index (κ3) is 14.5. The Hall–Kier alpha value is -0.680. The van der Waals surface area contributed by atoms with Crippen LogP contribution in [0.25, 0.3) is 0 Å². The number of aliphatic hydroxyl groups excluding tert-OH is 13. The van der Waals surface area contributed by atoms with E-state index in [2.05, 4.69) is 13.0 Å². The van der Waals surface area contributed by atoms with Crippen LogP contribution in [0.4, 0.5) is 0 Å². The van der Waals surface area contributed by atoms with Gasteiger partial charge in [-0.1, -0.05) is 39.3 Å². The van der Waals surface area contributed by atoms with Gasteiger partial charge in [0.2, 0.25) is 10.4 Å². The molecule has 5 aliphatic heterocycles. The Kier molecular flexibility index (Phi) is 23.7. The van der Waals surface area contributed by atoms with Crippen molar-refractivity contribution in [2.45, 2.75) is 285 Å². The first kappa shape index (κ1) is 73.1. The predicted octanol–water partition coefficient (Wildman–Crippen LogP) is -6.65. The molecule has 31 heteroatoms. The van der Waals surface area contributed by atoms with E-state index in [9.17, 15) is 89.3 Å². The maximum Gasteiger partial charge on any atom is 1.00 e. The van der Waals surface area contributed by atoms with Gasteiger partial charge in [0.25, 0.3) is 0 Å². The summed E-state index contributed by atoms with van der Waals surface area (Å²) >= 11 is 0. The van der Waals surface area contributed by atoms with Crippen LogP contribution < -0.4 is 29.6 Å². The minimum atomic E-state index is -5.20. The minimum Gasteiger partial charge on any atom is -0.726 e. The fourth-order valence-electron chi connectivity index (χ4n) is 16.1. The summed E-state index contributed by atoms with van der Waals surface area (Å²) < 4.78 is 103. The molecule has 30 unspecified atom stereocenters. The quantitative estimate of drug-likeness (QED) is 0.0247. The number of allylic oxidation sites excluding steroid dienone is 2. The van der Waals surface area contributed by atoms with Gasteiger partial charge in [0.1, 0.15) is 110 Å². The normalized spacial score (nSPS) is 50.6. The average Bonchev–Trinajstić information content (AvgIpc) is 1.32. The number of aliphatic hydroxyl groups is 14. The smallest absolute Gasteiger partial charge is 0.726 e. The van der Waals surface area contributed by atoms with E-state index in [0.717, 1.165) is 5.57 Å². The number of rotatable bonds is 19. The molecule has 8 fully saturated rings. The number of fused-ring (bicyclic) bond motifs is 5. The van der Waals surface area contributed by atoms with Gasteiger partial charge in [-0.3, -0.25) is 8.98 Å². The van der Waals surface area contributed by atoms with E-state index in [1.807, 2.05) is 20.8 Å². The van der Waals surface area contributed by atoms with Crippen molar-refractivity contribution in [3.05, 3.63) is 11.6 Å². The molecule has 88 heavy (non-hydrogen) atoms. The van der Waals surface area contributed by atoms with Crippen LogP contribution in [0.3, 0.4) is 0 Å². The zero-order valence-corrected chi connectivity index (χ0v) is 53.9. The molecular weight excluding hydrogens is 1200 g/mol. The molecule has 5 heterocycles. The predicted molar refractivity (Wildman–Crippen MR) is 290 cm³/mol. The van der Waals surface area contributed by atoms with Crippen LogP contribution in [0.5, 0.6) is 0 Å². The summed E-state index contributed by atoms with van der Waals surface area (Å²) in [5.41, 5.74) is -1.60. The number of carbonyl (C=O) groups excluding carboxylic acids is 1. The molecule has 3 saturated carbocycles. The van der Waals surface area contributed by atoms with Gasteiger partial charge in [0, 0.05) is 12.8 Å². The molecule has 4 aliphatic carbocycles. The second-order valence-electron chi connectivity index (χ2n) is 27.1. The summed E-state index contributed by atoms with van der Waals surface area (Å²) in [4.78, 5) is 13.3. The Morgan fingerprint density at radius 1 is 0.625 bits per heavy atom. The summed E-state index contributed by atoms with van der Waals surface area (Å²) in [6.45, 7) is 11.9. The number of hydrogen-bond donors (Lipinski definition) is 14. The van der Waals surface area contributed by atoms with E-state index in [-0.39, 0.29) is 84.7 Å². The maximum atomic E-state index is 13.3.